The van der Waals surface area contributed by atoms with Crippen LogP contribution in [-0.2, 0) is 0 Å². The zero-order valence-corrected chi connectivity index (χ0v) is 73.4. The predicted octanol–water partition coefficient (Wildman–Crippen LogP) is 31.8. The van der Waals surface area contributed by atoms with E-state index in [0.717, 1.165) is 94.1 Å². The molecule has 0 saturated carbocycles. The topological polar surface area (TPSA) is 123 Å². The van der Waals surface area contributed by atoms with Crippen LogP contribution in [0.4, 0.5) is 11.4 Å². The number of para-hydroxylation sites is 1. The molecule has 608 valence electrons. The molecular formula is C103H100N6O5S6. The van der Waals surface area contributed by atoms with E-state index in [4.69, 9.17) is 33.3 Å². The van der Waals surface area contributed by atoms with E-state index in [0.29, 0.717) is 28.7 Å². The third kappa shape index (κ3) is 23.3. The van der Waals surface area contributed by atoms with E-state index in [-0.39, 0.29) is 5.75 Å². The molecule has 0 aliphatic rings. The van der Waals surface area contributed by atoms with Gasteiger partial charge in [0, 0.05) is 37.6 Å². The molecule has 0 radical (unpaired) electrons. The molecule has 17 aromatic rings. The number of phenolic OH excluding ortho intramolecular Hbond substituents is 1. The first-order chi connectivity index (χ1) is 59.1. The second kappa shape index (κ2) is 44.0. The molecule has 0 spiro atoms. The zero-order valence-electron chi connectivity index (χ0n) is 68.5. The third-order valence-electron chi connectivity index (χ3n) is 20.4. The minimum absolute atomic E-state index is 0.0952. The Labute approximate surface area is 730 Å². The number of nitrogens with zero attached hydrogens (tertiary/aromatic N) is 6. The van der Waals surface area contributed by atoms with Gasteiger partial charge in [-0.3, -0.25) is 0 Å². The van der Waals surface area contributed by atoms with Crippen molar-refractivity contribution in [1.82, 2.24) is 19.9 Å². The fourth-order valence-electron chi connectivity index (χ4n) is 14.0. The highest BCUT2D eigenvalue weighted by atomic mass is 32.1. The van der Waals surface area contributed by atoms with E-state index in [1.165, 1.54) is 147 Å². The van der Waals surface area contributed by atoms with Gasteiger partial charge in [-0.15, -0.1) is 68.0 Å². The second-order valence-electron chi connectivity index (χ2n) is 29.0. The van der Waals surface area contributed by atoms with Crippen molar-refractivity contribution in [2.45, 2.75) is 105 Å². The Bertz CT molecular complexity index is 5570. The number of thiophene rings is 6. The van der Waals surface area contributed by atoms with Gasteiger partial charge in [-0.05, 0) is 272 Å². The van der Waals surface area contributed by atoms with Gasteiger partial charge in [-0.1, -0.05) is 176 Å². The molecule has 12 aromatic heterocycles. The van der Waals surface area contributed by atoms with Gasteiger partial charge in [0.1, 0.15) is 22.9 Å². The average molecular weight is 1690 g/mol. The summed E-state index contributed by atoms with van der Waals surface area (Å²) in [5.74, 6) is 3.50. The van der Waals surface area contributed by atoms with Crippen molar-refractivity contribution in [3.05, 3.63) is 312 Å². The van der Waals surface area contributed by atoms with Gasteiger partial charge in [0.25, 0.3) is 0 Å². The Morgan fingerprint density at radius 3 is 0.933 bits per heavy atom. The highest BCUT2D eigenvalue weighted by molar-refractivity contribution is 7.15. The molecular weight excluding hydrogens is 1590 g/mol. The minimum Gasteiger partial charge on any atom is -0.504 e. The largest absolute Gasteiger partial charge is 0.504 e. The van der Waals surface area contributed by atoms with E-state index < -0.39 is 0 Å². The smallest absolute Gasteiger partial charge is 0.161 e. The van der Waals surface area contributed by atoms with Gasteiger partial charge >= 0.3 is 0 Å². The Kier molecular flexibility index (Phi) is 31.1. The standard InChI is InChI=1S/C31H38N2S2.C27H30N2S2.C25H17NOS2.C20H15NO4/c1-3-5-7-9-19-33(20-10-8-6-4-2)27-17-15-25(16-18-27)26-23-28(30-13-11-21-34-30)32-29(24-26)31-14-12-22-35-31;1-3-5-15-29(16-6-4-2)23-13-11-21(12-14-23)22-19-24(26-9-7-17-30-26)28-25(20-22)27-10-8-18-31-27;1-2-6-20(7-3-1)27-21-12-10-18(11-13-21)19-16-22(24-8-4-14-28-24)26-23(17-19)25-9-5-15-29-25;1-23-20-12-13(6-7-17(20)22)14-10-15(18-4-2-8-24-18)21-16(11-14)19-5-3-9-25-19/h11-18,21-24H,3-10,19-20H2,1-2H3;7-14,17-20H,3-6,15-16H2,1-2H3;1-17H;2-12,22H,1H3. The summed E-state index contributed by atoms with van der Waals surface area (Å²) in [7, 11) is 1.52. The molecule has 17 rings (SSSR count). The van der Waals surface area contributed by atoms with Crippen LogP contribution in [-0.4, -0.2) is 58.3 Å². The van der Waals surface area contributed by atoms with Crippen molar-refractivity contribution >= 4 is 79.4 Å². The van der Waals surface area contributed by atoms with Crippen molar-refractivity contribution in [2.24, 2.45) is 0 Å². The Balaban J connectivity index is 0.000000132. The number of aromatic hydroxyl groups is 1. The van der Waals surface area contributed by atoms with Crippen LogP contribution in [0.1, 0.15) is 105 Å². The quantitative estimate of drug-likeness (QED) is 0.0396. The number of furan rings is 2. The first kappa shape index (κ1) is 84.9. The maximum Gasteiger partial charge on any atom is 0.161 e. The minimum atomic E-state index is 0.0952. The number of ether oxygens (including phenoxy) is 2. The number of methoxy groups -OCH3 is 1. The van der Waals surface area contributed by atoms with Gasteiger partial charge in [-0.25, -0.2) is 19.9 Å². The SMILES string of the molecule is CCCCCCN(CCCCCC)c1ccc(-c2cc(-c3cccs3)nc(-c3cccs3)c2)cc1.CCCCN(CCCC)c1ccc(-c2cc(-c3cccs3)nc(-c3cccs3)c2)cc1.COc1cc(-c2cc(-c3ccco3)nc(-c3ccco3)c2)ccc1O.c1ccc(Oc2ccc(-c3cc(-c4cccs4)nc(-c4cccs4)c3)cc2)cc1. The fraction of sp³-hybridized carbons (Fsp3) is 0.204. The highest BCUT2D eigenvalue weighted by Gasteiger charge is 2.19. The summed E-state index contributed by atoms with van der Waals surface area (Å²) in [4.78, 5) is 31.9. The number of benzene rings is 5. The summed E-state index contributed by atoms with van der Waals surface area (Å²) in [6.45, 7) is 13.7. The molecule has 0 bridgehead atoms. The van der Waals surface area contributed by atoms with Gasteiger partial charge < -0.3 is 33.2 Å². The monoisotopic (exact) mass is 1690 g/mol. The average Bonchev–Trinajstić information content (AvgIpc) is 1.59. The number of rotatable bonds is 33. The highest BCUT2D eigenvalue weighted by Crippen LogP contribution is 2.41. The van der Waals surface area contributed by atoms with Crippen LogP contribution in [0.2, 0.25) is 0 Å². The van der Waals surface area contributed by atoms with Crippen LogP contribution in [0.3, 0.4) is 0 Å². The Morgan fingerprint density at radius 2 is 0.608 bits per heavy atom. The molecule has 0 unspecified atom stereocenters. The summed E-state index contributed by atoms with van der Waals surface area (Å²) in [5.41, 5.74) is 19.3. The van der Waals surface area contributed by atoms with Crippen molar-refractivity contribution in [3.63, 3.8) is 0 Å². The molecule has 0 saturated heterocycles. The van der Waals surface area contributed by atoms with Gasteiger partial charge in [0.15, 0.2) is 23.0 Å². The van der Waals surface area contributed by atoms with E-state index >= 15 is 0 Å². The van der Waals surface area contributed by atoms with Crippen LogP contribution >= 0.6 is 68.0 Å². The number of pyridine rings is 4. The van der Waals surface area contributed by atoms with Gasteiger partial charge in [0.05, 0.1) is 83.1 Å². The molecule has 11 nitrogen and oxygen atoms in total. The first-order valence-electron chi connectivity index (χ1n) is 41.5. The lowest BCUT2D eigenvalue weighted by Crippen LogP contribution is -2.25. The second-order valence-corrected chi connectivity index (χ2v) is 34.7. The number of hydrogen-bond donors (Lipinski definition) is 1. The summed E-state index contributed by atoms with van der Waals surface area (Å²) >= 11 is 10.4. The zero-order chi connectivity index (χ0) is 82.5. The number of unbranched alkanes of at least 4 members (excludes halogenated alkanes) is 8. The van der Waals surface area contributed by atoms with Crippen LogP contribution < -0.4 is 19.3 Å². The van der Waals surface area contributed by atoms with Crippen molar-refractivity contribution in [3.8, 4) is 154 Å². The van der Waals surface area contributed by atoms with Crippen LogP contribution in [0, 0.1) is 0 Å². The number of hydrogen-bond acceptors (Lipinski definition) is 17. The molecule has 17 heteroatoms. The summed E-state index contributed by atoms with van der Waals surface area (Å²) in [6.07, 6.45) is 18.6. The maximum absolute atomic E-state index is 9.82. The van der Waals surface area contributed by atoms with E-state index in [1.807, 2.05) is 84.9 Å². The van der Waals surface area contributed by atoms with Crippen molar-refractivity contribution < 1.29 is 23.4 Å². The molecule has 0 aliphatic carbocycles. The lowest BCUT2D eigenvalue weighted by Gasteiger charge is -2.25. The summed E-state index contributed by atoms with van der Waals surface area (Å²) in [5, 5.41) is 22.5. The van der Waals surface area contributed by atoms with Crippen LogP contribution in [0.5, 0.6) is 23.0 Å². The lowest BCUT2D eigenvalue weighted by atomic mass is 10.0. The Morgan fingerprint density at radius 1 is 0.292 bits per heavy atom. The number of aromatic nitrogens is 4. The van der Waals surface area contributed by atoms with E-state index in [1.54, 1.807) is 92.7 Å². The predicted molar refractivity (Wildman–Crippen MR) is 511 cm³/mol. The van der Waals surface area contributed by atoms with Crippen LogP contribution in [0.25, 0.3) is 131 Å². The molecule has 12 heterocycles. The molecule has 0 fully saturated rings. The molecule has 120 heavy (non-hydrogen) atoms. The molecule has 0 aliphatic heterocycles. The van der Waals surface area contributed by atoms with Gasteiger partial charge in [0.2, 0.25) is 0 Å². The molecule has 0 amide bonds. The van der Waals surface area contributed by atoms with Gasteiger partial charge in [-0.2, -0.15) is 0 Å². The molecule has 5 aromatic carbocycles. The normalized spacial score (nSPS) is 10.9. The van der Waals surface area contributed by atoms with Crippen molar-refractivity contribution in [1.29, 1.82) is 0 Å². The lowest BCUT2D eigenvalue weighted by molar-refractivity contribution is 0.373. The van der Waals surface area contributed by atoms with Crippen LogP contribution in [0.15, 0.2) is 321 Å². The summed E-state index contributed by atoms with van der Waals surface area (Å²) < 4.78 is 22.1. The number of phenols is 1. The summed E-state index contributed by atoms with van der Waals surface area (Å²) in [6, 6.07) is 91.5. The fourth-order valence-corrected chi connectivity index (χ4v) is 18.1. The third-order valence-corrected chi connectivity index (χ3v) is 25.8. The maximum atomic E-state index is 9.82. The number of anilines is 2. The Hall–Kier alpha value is -11.5. The van der Waals surface area contributed by atoms with Crippen molar-refractivity contribution in [2.75, 3.05) is 43.1 Å². The van der Waals surface area contributed by atoms with E-state index in [2.05, 4.69) is 245 Å². The first-order valence-corrected chi connectivity index (χ1v) is 46.7. The molecule has 1 N–H and O–H groups in total. The molecule has 0 atom stereocenters. The van der Waals surface area contributed by atoms with E-state index in [9.17, 15) is 5.11 Å².